The standard InChI is InChI=1S/C26H30N4O4S2/c1-34-22-6-4-5-21(17-22)24-19-35-25(27-24)18-28-13-15-29(16-14-28)26(31)20-7-9-23(10-8-20)36(32,33)30-11-2-3-12-30/h4-10,17,19H,2-3,11-16,18H2,1H3. The number of ether oxygens (including phenoxy) is 1. The van der Waals surface area contributed by atoms with E-state index in [1.807, 2.05) is 29.2 Å². The summed E-state index contributed by atoms with van der Waals surface area (Å²) >= 11 is 1.64. The number of amides is 1. The Morgan fingerprint density at radius 3 is 2.42 bits per heavy atom. The number of methoxy groups -OCH3 is 1. The van der Waals surface area contributed by atoms with Crippen molar-refractivity contribution in [1.82, 2.24) is 19.1 Å². The number of nitrogens with zero attached hydrogens (tertiary/aromatic N) is 4. The van der Waals surface area contributed by atoms with E-state index < -0.39 is 10.0 Å². The zero-order valence-corrected chi connectivity index (χ0v) is 21.9. The van der Waals surface area contributed by atoms with Gasteiger partial charge >= 0.3 is 0 Å². The molecule has 2 aliphatic heterocycles. The zero-order chi connectivity index (χ0) is 25.1. The normalized spacial score (nSPS) is 17.4. The molecule has 36 heavy (non-hydrogen) atoms. The molecule has 0 N–H and O–H groups in total. The summed E-state index contributed by atoms with van der Waals surface area (Å²) in [6.07, 6.45) is 1.79. The van der Waals surface area contributed by atoms with E-state index in [2.05, 4.69) is 10.3 Å². The van der Waals surface area contributed by atoms with Gasteiger partial charge in [-0.15, -0.1) is 11.3 Å². The maximum Gasteiger partial charge on any atom is 0.253 e. The lowest BCUT2D eigenvalue weighted by atomic mass is 10.1. The molecule has 0 saturated carbocycles. The van der Waals surface area contributed by atoms with Crippen LogP contribution in [0.25, 0.3) is 11.3 Å². The summed E-state index contributed by atoms with van der Waals surface area (Å²) < 4.78 is 32.3. The first-order chi connectivity index (χ1) is 17.4. The molecule has 0 aliphatic carbocycles. The lowest BCUT2D eigenvalue weighted by Gasteiger charge is -2.34. The summed E-state index contributed by atoms with van der Waals surface area (Å²) in [5, 5.41) is 3.11. The summed E-state index contributed by atoms with van der Waals surface area (Å²) in [5.74, 6) is 0.750. The molecule has 190 valence electrons. The summed E-state index contributed by atoms with van der Waals surface area (Å²) in [6, 6.07) is 14.3. The lowest BCUT2D eigenvalue weighted by Crippen LogP contribution is -2.48. The molecule has 1 aromatic heterocycles. The number of hydrogen-bond donors (Lipinski definition) is 0. The Morgan fingerprint density at radius 1 is 1.00 bits per heavy atom. The van der Waals surface area contributed by atoms with Crippen LogP contribution in [-0.4, -0.2) is 79.8 Å². The SMILES string of the molecule is COc1cccc(-c2csc(CN3CCN(C(=O)c4ccc(S(=O)(=O)N5CCCC5)cc4)CC3)n2)c1. The van der Waals surface area contributed by atoms with Gasteiger partial charge in [0.2, 0.25) is 10.0 Å². The van der Waals surface area contributed by atoms with Crippen molar-refractivity contribution in [3.63, 3.8) is 0 Å². The molecule has 0 spiro atoms. The Labute approximate surface area is 216 Å². The second-order valence-electron chi connectivity index (χ2n) is 9.06. The Bertz CT molecular complexity index is 1310. The van der Waals surface area contributed by atoms with Crippen LogP contribution >= 0.6 is 11.3 Å². The van der Waals surface area contributed by atoms with Crippen molar-refractivity contribution < 1.29 is 17.9 Å². The maximum atomic E-state index is 13.0. The van der Waals surface area contributed by atoms with Crippen molar-refractivity contribution in [2.75, 3.05) is 46.4 Å². The zero-order valence-electron chi connectivity index (χ0n) is 20.3. The van der Waals surface area contributed by atoms with E-state index in [4.69, 9.17) is 9.72 Å². The maximum absolute atomic E-state index is 13.0. The van der Waals surface area contributed by atoms with Crippen LogP contribution in [0.15, 0.2) is 58.8 Å². The minimum absolute atomic E-state index is 0.0608. The molecule has 5 rings (SSSR count). The van der Waals surface area contributed by atoms with Crippen molar-refractivity contribution in [2.24, 2.45) is 0 Å². The van der Waals surface area contributed by atoms with E-state index in [0.717, 1.165) is 54.5 Å². The Hall–Kier alpha value is -2.79. The van der Waals surface area contributed by atoms with Crippen LogP contribution in [0, 0.1) is 0 Å². The van der Waals surface area contributed by atoms with Gasteiger partial charge in [0.15, 0.2) is 0 Å². The van der Waals surface area contributed by atoms with Crippen LogP contribution in [0.2, 0.25) is 0 Å². The second kappa shape index (κ2) is 10.7. The van der Waals surface area contributed by atoms with Gasteiger partial charge in [0.1, 0.15) is 10.8 Å². The van der Waals surface area contributed by atoms with Crippen LogP contribution in [0.4, 0.5) is 0 Å². The van der Waals surface area contributed by atoms with E-state index in [1.54, 1.807) is 42.7 Å². The number of benzene rings is 2. The van der Waals surface area contributed by atoms with Gasteiger partial charge < -0.3 is 9.64 Å². The third-order valence-electron chi connectivity index (χ3n) is 6.74. The molecule has 3 heterocycles. The number of carbonyl (C=O) groups is 1. The predicted octanol–water partition coefficient (Wildman–Crippen LogP) is 3.56. The summed E-state index contributed by atoms with van der Waals surface area (Å²) in [7, 11) is -1.81. The van der Waals surface area contributed by atoms with Crippen molar-refractivity contribution in [3.05, 3.63) is 64.5 Å². The average Bonchev–Trinajstić information content (AvgIpc) is 3.62. The van der Waals surface area contributed by atoms with E-state index >= 15 is 0 Å². The van der Waals surface area contributed by atoms with E-state index in [0.29, 0.717) is 31.7 Å². The van der Waals surface area contributed by atoms with Crippen LogP contribution < -0.4 is 4.74 Å². The number of piperazine rings is 1. The predicted molar refractivity (Wildman–Crippen MR) is 140 cm³/mol. The average molecular weight is 527 g/mol. The number of carbonyl (C=O) groups excluding carboxylic acids is 1. The minimum Gasteiger partial charge on any atom is -0.497 e. The molecule has 2 aliphatic rings. The Balaban J connectivity index is 1.16. The van der Waals surface area contributed by atoms with Gasteiger partial charge in [0, 0.05) is 55.8 Å². The summed E-state index contributed by atoms with van der Waals surface area (Å²) in [4.78, 5) is 22.2. The number of rotatable bonds is 7. The van der Waals surface area contributed by atoms with Gasteiger partial charge in [0.05, 0.1) is 24.2 Å². The highest BCUT2D eigenvalue weighted by Gasteiger charge is 2.28. The third kappa shape index (κ3) is 5.31. The molecule has 1 amide bonds. The second-order valence-corrected chi connectivity index (χ2v) is 11.9. The molecule has 10 heteroatoms. The Morgan fingerprint density at radius 2 is 1.72 bits per heavy atom. The topological polar surface area (TPSA) is 83.0 Å². The molecule has 0 unspecified atom stereocenters. The third-order valence-corrected chi connectivity index (χ3v) is 9.49. The fourth-order valence-corrected chi connectivity index (χ4v) is 6.99. The van der Waals surface area contributed by atoms with Gasteiger partial charge in [-0.1, -0.05) is 12.1 Å². The van der Waals surface area contributed by atoms with E-state index in [1.165, 1.54) is 4.31 Å². The van der Waals surface area contributed by atoms with Crippen molar-refractivity contribution >= 4 is 27.3 Å². The number of aromatic nitrogens is 1. The number of hydrogen-bond acceptors (Lipinski definition) is 7. The fourth-order valence-electron chi connectivity index (χ4n) is 4.63. The van der Waals surface area contributed by atoms with Crippen molar-refractivity contribution in [1.29, 1.82) is 0 Å². The van der Waals surface area contributed by atoms with Gasteiger partial charge in [-0.3, -0.25) is 9.69 Å². The summed E-state index contributed by atoms with van der Waals surface area (Å²) in [5.41, 5.74) is 2.50. The smallest absolute Gasteiger partial charge is 0.253 e. The monoisotopic (exact) mass is 526 g/mol. The van der Waals surface area contributed by atoms with Gasteiger partial charge in [-0.05, 0) is 49.2 Å². The first-order valence-corrected chi connectivity index (χ1v) is 14.5. The quantitative estimate of drug-likeness (QED) is 0.468. The first-order valence-electron chi connectivity index (χ1n) is 12.1. The van der Waals surface area contributed by atoms with E-state index in [-0.39, 0.29) is 10.8 Å². The van der Waals surface area contributed by atoms with Crippen LogP contribution in [0.5, 0.6) is 5.75 Å². The molecule has 0 atom stereocenters. The highest BCUT2D eigenvalue weighted by atomic mass is 32.2. The lowest BCUT2D eigenvalue weighted by molar-refractivity contribution is 0.0628. The van der Waals surface area contributed by atoms with Crippen LogP contribution in [0.1, 0.15) is 28.2 Å². The molecular weight excluding hydrogens is 496 g/mol. The van der Waals surface area contributed by atoms with Gasteiger partial charge in [-0.25, -0.2) is 13.4 Å². The molecule has 8 nitrogen and oxygen atoms in total. The highest BCUT2D eigenvalue weighted by molar-refractivity contribution is 7.89. The number of thiazole rings is 1. The van der Waals surface area contributed by atoms with Crippen LogP contribution in [-0.2, 0) is 16.6 Å². The molecule has 3 aromatic rings. The van der Waals surface area contributed by atoms with Crippen molar-refractivity contribution in [2.45, 2.75) is 24.3 Å². The number of sulfonamides is 1. The molecule has 0 radical (unpaired) electrons. The molecule has 2 fully saturated rings. The molecule has 0 bridgehead atoms. The minimum atomic E-state index is -3.47. The first kappa shape index (κ1) is 24.9. The Kier molecular flexibility index (Phi) is 7.38. The molecule has 2 aromatic carbocycles. The highest BCUT2D eigenvalue weighted by Crippen LogP contribution is 2.26. The molecule has 2 saturated heterocycles. The van der Waals surface area contributed by atoms with Gasteiger partial charge in [-0.2, -0.15) is 4.31 Å². The largest absolute Gasteiger partial charge is 0.497 e. The van der Waals surface area contributed by atoms with Crippen molar-refractivity contribution in [3.8, 4) is 17.0 Å². The van der Waals surface area contributed by atoms with Gasteiger partial charge in [0.25, 0.3) is 5.91 Å². The fraction of sp³-hybridized carbons (Fsp3) is 0.385. The van der Waals surface area contributed by atoms with E-state index in [9.17, 15) is 13.2 Å². The summed E-state index contributed by atoms with van der Waals surface area (Å²) in [6.45, 7) is 4.66. The molecular formula is C26H30N4O4S2. The van der Waals surface area contributed by atoms with Crippen LogP contribution in [0.3, 0.4) is 0 Å².